The lowest BCUT2D eigenvalue weighted by atomic mass is 9.97. The molecule has 2 atom stereocenters. The molecule has 1 fully saturated rings. The summed E-state index contributed by atoms with van der Waals surface area (Å²) < 4.78 is 10.4. The Morgan fingerprint density at radius 1 is 1.29 bits per heavy atom. The molecule has 4 heteroatoms. The van der Waals surface area contributed by atoms with Gasteiger partial charge in [-0.3, -0.25) is 4.90 Å². The Hall–Kier alpha value is -0.160. The molecule has 0 aromatic carbocycles. The van der Waals surface area contributed by atoms with E-state index in [1.165, 1.54) is 25.8 Å². The highest BCUT2D eigenvalue weighted by atomic mass is 16.5. The number of hydrogen-bond acceptors (Lipinski definition) is 4. The third-order valence-corrected chi connectivity index (χ3v) is 3.44. The van der Waals surface area contributed by atoms with Crippen molar-refractivity contribution < 1.29 is 9.47 Å². The molecule has 102 valence electrons. The molecule has 1 heterocycles. The lowest BCUT2D eigenvalue weighted by Crippen LogP contribution is -2.49. The summed E-state index contributed by atoms with van der Waals surface area (Å²) in [6.07, 6.45) is 4.98. The van der Waals surface area contributed by atoms with E-state index in [1.807, 2.05) is 0 Å². The van der Waals surface area contributed by atoms with Crippen molar-refractivity contribution in [2.45, 2.75) is 44.7 Å². The molecule has 0 radical (unpaired) electrons. The van der Waals surface area contributed by atoms with Crippen molar-refractivity contribution in [3.8, 4) is 0 Å². The zero-order chi connectivity index (χ0) is 12.5. The minimum atomic E-state index is 0.282. The molecule has 1 aliphatic rings. The van der Waals surface area contributed by atoms with Crippen LogP contribution >= 0.6 is 0 Å². The fraction of sp³-hybridized carbons (Fsp3) is 1.00. The van der Waals surface area contributed by atoms with Gasteiger partial charge in [-0.1, -0.05) is 6.42 Å². The summed E-state index contributed by atoms with van der Waals surface area (Å²) in [4.78, 5) is 2.54. The number of likely N-dealkylation sites (tertiary alicyclic amines) is 1. The van der Waals surface area contributed by atoms with Crippen molar-refractivity contribution in [2.75, 3.05) is 40.0 Å². The van der Waals surface area contributed by atoms with Crippen molar-refractivity contribution in [1.29, 1.82) is 0 Å². The molecule has 0 aromatic heterocycles. The van der Waals surface area contributed by atoms with E-state index < -0.39 is 0 Å². The molecule has 0 bridgehead atoms. The van der Waals surface area contributed by atoms with Gasteiger partial charge in [-0.25, -0.2) is 0 Å². The number of nitrogens with two attached hydrogens (primary N) is 1. The first-order valence-electron chi connectivity index (χ1n) is 6.82. The first-order chi connectivity index (χ1) is 8.25. The lowest BCUT2D eigenvalue weighted by molar-refractivity contribution is 0.0577. The second kappa shape index (κ2) is 8.86. The Kier molecular flexibility index (Phi) is 7.77. The van der Waals surface area contributed by atoms with Crippen molar-refractivity contribution >= 4 is 0 Å². The first-order valence-corrected chi connectivity index (χ1v) is 6.82. The molecule has 1 rings (SSSR count). The fourth-order valence-electron chi connectivity index (χ4n) is 2.50. The second-order valence-electron chi connectivity index (χ2n) is 4.92. The summed E-state index contributed by atoms with van der Waals surface area (Å²) >= 11 is 0. The monoisotopic (exact) mass is 244 g/mol. The van der Waals surface area contributed by atoms with Crippen LogP contribution in [-0.2, 0) is 9.47 Å². The number of rotatable bonds is 8. The minimum absolute atomic E-state index is 0.282. The maximum Gasteiger partial charge on any atom is 0.0700 e. The van der Waals surface area contributed by atoms with Crippen LogP contribution in [0.4, 0.5) is 0 Å². The van der Waals surface area contributed by atoms with E-state index in [4.69, 9.17) is 15.2 Å². The van der Waals surface area contributed by atoms with Gasteiger partial charge in [0.05, 0.1) is 13.2 Å². The highest BCUT2D eigenvalue weighted by molar-refractivity contribution is 4.82. The van der Waals surface area contributed by atoms with Crippen LogP contribution in [0.15, 0.2) is 0 Å². The van der Waals surface area contributed by atoms with Gasteiger partial charge in [-0.05, 0) is 32.7 Å². The summed E-state index contributed by atoms with van der Waals surface area (Å²) in [5, 5.41) is 0. The third-order valence-electron chi connectivity index (χ3n) is 3.44. The molecule has 0 saturated carbocycles. The van der Waals surface area contributed by atoms with Crippen LogP contribution in [0.2, 0.25) is 0 Å². The third kappa shape index (κ3) is 5.82. The summed E-state index contributed by atoms with van der Waals surface area (Å²) in [5.41, 5.74) is 6.04. The number of hydrogen-bond donors (Lipinski definition) is 1. The van der Waals surface area contributed by atoms with Gasteiger partial charge in [0, 0.05) is 32.3 Å². The predicted molar refractivity (Wildman–Crippen MR) is 70.2 cm³/mol. The zero-order valence-electron chi connectivity index (χ0n) is 11.4. The van der Waals surface area contributed by atoms with E-state index in [2.05, 4.69) is 11.8 Å². The summed E-state index contributed by atoms with van der Waals surface area (Å²) in [5.74, 6) is 0. The maximum atomic E-state index is 6.04. The molecular formula is C13H28N2O2. The van der Waals surface area contributed by atoms with Gasteiger partial charge in [0.2, 0.25) is 0 Å². The molecule has 17 heavy (non-hydrogen) atoms. The van der Waals surface area contributed by atoms with Gasteiger partial charge in [0.25, 0.3) is 0 Å². The largest absolute Gasteiger partial charge is 0.382 e. The van der Waals surface area contributed by atoms with Gasteiger partial charge >= 0.3 is 0 Å². The average molecular weight is 244 g/mol. The topological polar surface area (TPSA) is 47.7 Å². The molecule has 0 amide bonds. The molecule has 4 nitrogen and oxygen atoms in total. The van der Waals surface area contributed by atoms with Crippen LogP contribution in [0.5, 0.6) is 0 Å². The van der Waals surface area contributed by atoms with Crippen molar-refractivity contribution in [3.63, 3.8) is 0 Å². The van der Waals surface area contributed by atoms with Crippen molar-refractivity contribution in [2.24, 2.45) is 5.73 Å². The van der Waals surface area contributed by atoms with Crippen LogP contribution in [0.1, 0.15) is 32.6 Å². The average Bonchev–Trinajstić information content (AvgIpc) is 2.34. The van der Waals surface area contributed by atoms with E-state index in [-0.39, 0.29) is 6.04 Å². The standard InChI is InChI=1S/C13H28N2O2/c1-12(14)13-6-3-4-7-15(13)8-5-9-17-11-10-16-2/h12-13H,3-11,14H2,1-2H3. The Bertz CT molecular complexity index is 188. The zero-order valence-corrected chi connectivity index (χ0v) is 11.4. The first kappa shape index (κ1) is 14.9. The van der Waals surface area contributed by atoms with E-state index in [1.54, 1.807) is 7.11 Å². The number of ether oxygens (including phenoxy) is 2. The molecule has 2 unspecified atom stereocenters. The Morgan fingerprint density at radius 2 is 2.12 bits per heavy atom. The fourth-order valence-corrected chi connectivity index (χ4v) is 2.50. The van der Waals surface area contributed by atoms with Crippen molar-refractivity contribution in [3.05, 3.63) is 0 Å². The van der Waals surface area contributed by atoms with Crippen LogP contribution in [0.3, 0.4) is 0 Å². The molecule has 1 aliphatic heterocycles. The molecule has 0 spiro atoms. The number of methoxy groups -OCH3 is 1. The number of nitrogens with zero attached hydrogens (tertiary/aromatic N) is 1. The van der Waals surface area contributed by atoms with Crippen LogP contribution in [0, 0.1) is 0 Å². The van der Waals surface area contributed by atoms with Crippen molar-refractivity contribution in [1.82, 2.24) is 4.90 Å². The molecule has 0 aliphatic carbocycles. The lowest BCUT2D eigenvalue weighted by Gasteiger charge is -2.38. The molecule has 1 saturated heterocycles. The number of piperidine rings is 1. The van der Waals surface area contributed by atoms with E-state index in [0.29, 0.717) is 19.3 Å². The summed E-state index contributed by atoms with van der Waals surface area (Å²) in [6, 6.07) is 0.854. The van der Waals surface area contributed by atoms with Gasteiger partial charge < -0.3 is 15.2 Å². The van der Waals surface area contributed by atoms with Gasteiger partial charge in [-0.2, -0.15) is 0 Å². The highest BCUT2D eigenvalue weighted by Crippen LogP contribution is 2.18. The summed E-state index contributed by atoms with van der Waals surface area (Å²) in [7, 11) is 1.70. The quantitative estimate of drug-likeness (QED) is 0.653. The second-order valence-corrected chi connectivity index (χ2v) is 4.92. The maximum absolute atomic E-state index is 6.04. The Balaban J connectivity index is 2.11. The van der Waals surface area contributed by atoms with Gasteiger partial charge in [-0.15, -0.1) is 0 Å². The Morgan fingerprint density at radius 3 is 2.82 bits per heavy atom. The summed E-state index contributed by atoms with van der Waals surface area (Å²) in [6.45, 7) is 6.65. The molecule has 2 N–H and O–H groups in total. The Labute approximate surface area is 105 Å². The normalized spacial score (nSPS) is 23.8. The van der Waals surface area contributed by atoms with E-state index in [0.717, 1.165) is 19.6 Å². The van der Waals surface area contributed by atoms with Gasteiger partial charge in [0.1, 0.15) is 0 Å². The van der Waals surface area contributed by atoms with E-state index >= 15 is 0 Å². The SMILES string of the molecule is COCCOCCCN1CCCCC1C(C)N. The van der Waals surface area contributed by atoms with E-state index in [9.17, 15) is 0 Å². The van der Waals surface area contributed by atoms with Crippen LogP contribution in [-0.4, -0.2) is 57.0 Å². The highest BCUT2D eigenvalue weighted by Gasteiger charge is 2.24. The van der Waals surface area contributed by atoms with Gasteiger partial charge in [0.15, 0.2) is 0 Å². The van der Waals surface area contributed by atoms with Crippen LogP contribution < -0.4 is 5.73 Å². The predicted octanol–water partition coefficient (Wildman–Crippen LogP) is 1.24. The molecule has 0 aromatic rings. The minimum Gasteiger partial charge on any atom is -0.382 e. The van der Waals surface area contributed by atoms with Crippen LogP contribution in [0.25, 0.3) is 0 Å². The smallest absolute Gasteiger partial charge is 0.0700 e. The molecular weight excluding hydrogens is 216 g/mol.